The number of benzene rings is 1. The van der Waals surface area contributed by atoms with Crippen LogP contribution in [0.15, 0.2) is 18.2 Å². The number of hydrogen-bond acceptors (Lipinski definition) is 4. The second-order valence-electron chi connectivity index (χ2n) is 5.87. The highest BCUT2D eigenvalue weighted by Gasteiger charge is 2.23. The van der Waals surface area contributed by atoms with E-state index in [-0.39, 0.29) is 6.04 Å². The molecular weight excluding hydrogens is 288 g/mol. The van der Waals surface area contributed by atoms with Crippen molar-refractivity contribution < 1.29 is 9.47 Å². The molecule has 0 aliphatic heterocycles. The van der Waals surface area contributed by atoms with Crippen molar-refractivity contribution in [3.63, 3.8) is 0 Å². The third kappa shape index (κ3) is 5.70. The summed E-state index contributed by atoms with van der Waals surface area (Å²) in [5.74, 6) is 1.65. The Balaban J connectivity index is 3.13. The number of methoxy groups -OCH3 is 1. The predicted octanol–water partition coefficient (Wildman–Crippen LogP) is 4.00. The van der Waals surface area contributed by atoms with Crippen molar-refractivity contribution in [2.45, 2.75) is 52.5 Å². The fourth-order valence-corrected chi connectivity index (χ4v) is 2.90. The Morgan fingerprint density at radius 3 is 2.30 bits per heavy atom. The van der Waals surface area contributed by atoms with E-state index in [4.69, 9.17) is 15.2 Å². The minimum Gasteiger partial charge on any atom is -0.493 e. The number of unbranched alkanes of at least 4 members (excludes halogenated alkanes) is 1. The summed E-state index contributed by atoms with van der Waals surface area (Å²) in [5.41, 5.74) is 7.29. The van der Waals surface area contributed by atoms with E-state index in [0.717, 1.165) is 55.8 Å². The van der Waals surface area contributed by atoms with E-state index in [2.05, 4.69) is 31.7 Å². The van der Waals surface area contributed by atoms with E-state index in [1.165, 1.54) is 0 Å². The van der Waals surface area contributed by atoms with Crippen molar-refractivity contribution >= 4 is 0 Å². The van der Waals surface area contributed by atoms with Crippen molar-refractivity contribution in [3.8, 4) is 11.5 Å². The summed E-state index contributed by atoms with van der Waals surface area (Å²) < 4.78 is 11.6. The molecule has 0 saturated heterocycles. The van der Waals surface area contributed by atoms with Crippen LogP contribution in [-0.2, 0) is 0 Å². The van der Waals surface area contributed by atoms with Gasteiger partial charge in [0, 0.05) is 12.1 Å². The topological polar surface area (TPSA) is 47.7 Å². The van der Waals surface area contributed by atoms with Gasteiger partial charge in [0.25, 0.3) is 0 Å². The largest absolute Gasteiger partial charge is 0.493 e. The van der Waals surface area contributed by atoms with Crippen LogP contribution >= 0.6 is 0 Å². The Morgan fingerprint density at radius 1 is 1.09 bits per heavy atom. The standard InChI is InChI=1S/C19H34N2O2/c1-5-8-14-23-19-16(10-9-11-18(19)22-4)17(15-20)21(12-6-2)13-7-3/h9-11,17H,5-8,12-15,20H2,1-4H3. The van der Waals surface area contributed by atoms with Gasteiger partial charge >= 0.3 is 0 Å². The number of para-hydroxylation sites is 1. The van der Waals surface area contributed by atoms with E-state index < -0.39 is 0 Å². The average Bonchev–Trinajstić information content (AvgIpc) is 2.57. The lowest BCUT2D eigenvalue weighted by molar-refractivity contribution is 0.194. The monoisotopic (exact) mass is 322 g/mol. The summed E-state index contributed by atoms with van der Waals surface area (Å²) in [7, 11) is 1.69. The lowest BCUT2D eigenvalue weighted by Crippen LogP contribution is -2.35. The van der Waals surface area contributed by atoms with Crippen molar-refractivity contribution in [2.75, 3.05) is 33.4 Å². The molecule has 0 aromatic heterocycles. The molecule has 23 heavy (non-hydrogen) atoms. The van der Waals surface area contributed by atoms with E-state index in [9.17, 15) is 0 Å². The van der Waals surface area contributed by atoms with Gasteiger partial charge in [0.15, 0.2) is 11.5 Å². The molecule has 0 aliphatic rings. The number of nitrogens with zero attached hydrogens (tertiary/aromatic N) is 1. The van der Waals surface area contributed by atoms with Gasteiger partial charge in [0.2, 0.25) is 0 Å². The molecule has 0 spiro atoms. The molecule has 1 unspecified atom stereocenters. The Hall–Kier alpha value is -1.26. The van der Waals surface area contributed by atoms with E-state index >= 15 is 0 Å². The van der Waals surface area contributed by atoms with Crippen molar-refractivity contribution in [2.24, 2.45) is 5.73 Å². The van der Waals surface area contributed by atoms with Crippen LogP contribution in [0.25, 0.3) is 0 Å². The third-order valence-electron chi connectivity index (χ3n) is 4.02. The lowest BCUT2D eigenvalue weighted by Gasteiger charge is -2.32. The number of hydrogen-bond donors (Lipinski definition) is 1. The number of nitrogens with two attached hydrogens (primary N) is 1. The van der Waals surface area contributed by atoms with E-state index in [1.54, 1.807) is 7.11 Å². The number of ether oxygens (including phenoxy) is 2. The maximum absolute atomic E-state index is 6.14. The van der Waals surface area contributed by atoms with Gasteiger partial charge in [-0.25, -0.2) is 0 Å². The molecule has 0 bridgehead atoms. The van der Waals surface area contributed by atoms with Crippen molar-refractivity contribution in [1.82, 2.24) is 4.90 Å². The zero-order valence-electron chi connectivity index (χ0n) is 15.3. The molecule has 1 atom stereocenters. The van der Waals surface area contributed by atoms with Gasteiger partial charge in [0.1, 0.15) is 0 Å². The second kappa shape index (κ2) is 11.3. The van der Waals surface area contributed by atoms with Crippen molar-refractivity contribution in [3.05, 3.63) is 23.8 Å². The Morgan fingerprint density at radius 2 is 1.78 bits per heavy atom. The Kier molecular flexibility index (Phi) is 9.72. The maximum atomic E-state index is 6.14. The SMILES string of the molecule is CCCCOc1c(OC)cccc1C(CN)N(CCC)CCC. The molecule has 0 saturated carbocycles. The van der Waals surface area contributed by atoms with Crippen LogP contribution in [0.3, 0.4) is 0 Å². The highest BCUT2D eigenvalue weighted by Crippen LogP contribution is 2.37. The normalized spacial score (nSPS) is 12.4. The Labute approximate surface area is 142 Å². The molecule has 132 valence electrons. The molecule has 4 heteroatoms. The summed E-state index contributed by atoms with van der Waals surface area (Å²) in [5, 5.41) is 0. The summed E-state index contributed by atoms with van der Waals surface area (Å²) in [6, 6.07) is 6.28. The zero-order chi connectivity index (χ0) is 17.1. The maximum Gasteiger partial charge on any atom is 0.165 e. The summed E-state index contributed by atoms with van der Waals surface area (Å²) in [6.07, 6.45) is 4.39. The first-order valence-electron chi connectivity index (χ1n) is 8.97. The van der Waals surface area contributed by atoms with Gasteiger partial charge in [-0.1, -0.05) is 39.3 Å². The highest BCUT2D eigenvalue weighted by atomic mass is 16.5. The highest BCUT2D eigenvalue weighted by molar-refractivity contribution is 5.48. The minimum atomic E-state index is 0.168. The van der Waals surface area contributed by atoms with Crippen LogP contribution in [0.4, 0.5) is 0 Å². The summed E-state index contributed by atoms with van der Waals surface area (Å²) in [6.45, 7) is 9.96. The first-order chi connectivity index (χ1) is 11.2. The van der Waals surface area contributed by atoms with Gasteiger partial charge in [-0.05, 0) is 38.4 Å². The van der Waals surface area contributed by atoms with Crippen LogP contribution in [0, 0.1) is 0 Å². The third-order valence-corrected chi connectivity index (χ3v) is 4.02. The van der Waals surface area contributed by atoms with Gasteiger partial charge in [0.05, 0.1) is 19.8 Å². The zero-order valence-corrected chi connectivity index (χ0v) is 15.3. The molecule has 0 amide bonds. The van der Waals surface area contributed by atoms with Gasteiger partial charge in [-0.2, -0.15) is 0 Å². The predicted molar refractivity (Wildman–Crippen MR) is 97.3 cm³/mol. The Bertz CT molecular complexity index is 431. The molecular formula is C19H34N2O2. The second-order valence-corrected chi connectivity index (χ2v) is 5.87. The van der Waals surface area contributed by atoms with Crippen LogP contribution in [0.2, 0.25) is 0 Å². The van der Waals surface area contributed by atoms with Crippen LogP contribution in [0.5, 0.6) is 11.5 Å². The van der Waals surface area contributed by atoms with Gasteiger partial charge in [-0.3, -0.25) is 4.90 Å². The van der Waals surface area contributed by atoms with Crippen LogP contribution in [0.1, 0.15) is 58.1 Å². The van der Waals surface area contributed by atoms with E-state index in [0.29, 0.717) is 13.2 Å². The quantitative estimate of drug-likeness (QED) is 0.591. The summed E-state index contributed by atoms with van der Waals surface area (Å²) in [4.78, 5) is 2.46. The first kappa shape index (κ1) is 19.8. The molecule has 1 aromatic rings. The molecule has 4 nitrogen and oxygen atoms in total. The van der Waals surface area contributed by atoms with Gasteiger partial charge in [-0.15, -0.1) is 0 Å². The molecule has 0 heterocycles. The molecule has 1 aromatic carbocycles. The van der Waals surface area contributed by atoms with Crippen LogP contribution in [-0.4, -0.2) is 38.3 Å². The molecule has 0 fully saturated rings. The molecule has 2 N–H and O–H groups in total. The van der Waals surface area contributed by atoms with E-state index in [1.807, 2.05) is 12.1 Å². The number of rotatable bonds is 12. The molecule has 0 radical (unpaired) electrons. The molecule has 1 rings (SSSR count). The fourth-order valence-electron chi connectivity index (χ4n) is 2.90. The molecule has 0 aliphatic carbocycles. The van der Waals surface area contributed by atoms with Gasteiger partial charge < -0.3 is 15.2 Å². The average molecular weight is 322 g/mol. The fraction of sp³-hybridized carbons (Fsp3) is 0.684. The summed E-state index contributed by atoms with van der Waals surface area (Å²) >= 11 is 0. The van der Waals surface area contributed by atoms with Crippen molar-refractivity contribution in [1.29, 1.82) is 0 Å². The lowest BCUT2D eigenvalue weighted by atomic mass is 10.0. The smallest absolute Gasteiger partial charge is 0.165 e. The minimum absolute atomic E-state index is 0.168. The van der Waals surface area contributed by atoms with Crippen LogP contribution < -0.4 is 15.2 Å². The first-order valence-corrected chi connectivity index (χ1v) is 8.97.